The second-order valence-corrected chi connectivity index (χ2v) is 3.28. The van der Waals surface area contributed by atoms with Gasteiger partial charge in [0.25, 0.3) is 0 Å². The standard InChI is InChI=1S/C10H13F3N2/c1-3-15-9-4-6(2)7(5-8(9)14)10(11,12)13/h4-5,15H,3,14H2,1-2H3. The van der Waals surface area contributed by atoms with Gasteiger partial charge in [-0.15, -0.1) is 0 Å². The Kier molecular flexibility index (Phi) is 3.12. The fourth-order valence-corrected chi connectivity index (χ4v) is 1.37. The predicted octanol–water partition coefficient (Wildman–Crippen LogP) is 3.03. The molecule has 0 aliphatic rings. The number of anilines is 2. The summed E-state index contributed by atoms with van der Waals surface area (Å²) in [6, 6.07) is 2.38. The number of aryl methyl sites for hydroxylation is 1. The van der Waals surface area contributed by atoms with Crippen LogP contribution in [0, 0.1) is 6.92 Å². The first-order valence-electron chi connectivity index (χ1n) is 4.57. The van der Waals surface area contributed by atoms with Crippen molar-refractivity contribution in [1.82, 2.24) is 0 Å². The molecule has 5 heteroatoms. The third kappa shape index (κ3) is 2.55. The second kappa shape index (κ2) is 4.00. The van der Waals surface area contributed by atoms with Gasteiger partial charge in [0.1, 0.15) is 0 Å². The lowest BCUT2D eigenvalue weighted by Crippen LogP contribution is -2.10. The van der Waals surface area contributed by atoms with Gasteiger partial charge in [-0.05, 0) is 31.5 Å². The van der Waals surface area contributed by atoms with Crippen LogP contribution in [0.1, 0.15) is 18.1 Å². The first-order chi connectivity index (χ1) is 6.86. The van der Waals surface area contributed by atoms with Crippen LogP contribution in [0.5, 0.6) is 0 Å². The van der Waals surface area contributed by atoms with E-state index in [0.29, 0.717) is 12.2 Å². The highest BCUT2D eigenvalue weighted by atomic mass is 19.4. The number of nitrogens with one attached hydrogen (secondary N) is 1. The molecule has 0 unspecified atom stereocenters. The molecule has 1 aromatic carbocycles. The van der Waals surface area contributed by atoms with Crippen LogP contribution in [0.3, 0.4) is 0 Å². The number of nitrogen functional groups attached to an aromatic ring is 1. The minimum absolute atomic E-state index is 0.120. The van der Waals surface area contributed by atoms with Crippen molar-refractivity contribution in [1.29, 1.82) is 0 Å². The first kappa shape index (κ1) is 11.7. The van der Waals surface area contributed by atoms with E-state index in [0.717, 1.165) is 6.07 Å². The smallest absolute Gasteiger partial charge is 0.397 e. The maximum absolute atomic E-state index is 12.5. The van der Waals surface area contributed by atoms with Crippen LogP contribution in [-0.2, 0) is 6.18 Å². The Hall–Kier alpha value is -1.39. The van der Waals surface area contributed by atoms with Crippen molar-refractivity contribution in [2.75, 3.05) is 17.6 Å². The van der Waals surface area contributed by atoms with E-state index in [1.54, 1.807) is 0 Å². The van der Waals surface area contributed by atoms with Gasteiger partial charge in [0.15, 0.2) is 0 Å². The Labute approximate surface area is 86.3 Å². The minimum Gasteiger partial charge on any atom is -0.397 e. The van der Waals surface area contributed by atoms with Crippen molar-refractivity contribution in [3.8, 4) is 0 Å². The molecule has 0 heterocycles. The van der Waals surface area contributed by atoms with Gasteiger partial charge in [0.05, 0.1) is 16.9 Å². The van der Waals surface area contributed by atoms with E-state index < -0.39 is 11.7 Å². The number of halogens is 3. The van der Waals surface area contributed by atoms with E-state index >= 15 is 0 Å². The van der Waals surface area contributed by atoms with E-state index in [-0.39, 0.29) is 11.3 Å². The molecule has 0 saturated carbocycles. The van der Waals surface area contributed by atoms with Gasteiger partial charge in [-0.25, -0.2) is 0 Å². The summed E-state index contributed by atoms with van der Waals surface area (Å²) in [5.41, 5.74) is 5.67. The van der Waals surface area contributed by atoms with E-state index in [9.17, 15) is 13.2 Å². The highest BCUT2D eigenvalue weighted by molar-refractivity contribution is 5.68. The Balaban J connectivity index is 3.20. The van der Waals surface area contributed by atoms with Gasteiger partial charge in [-0.2, -0.15) is 13.2 Å². The summed E-state index contributed by atoms with van der Waals surface area (Å²) >= 11 is 0. The number of benzene rings is 1. The first-order valence-corrected chi connectivity index (χ1v) is 4.57. The Morgan fingerprint density at radius 1 is 1.33 bits per heavy atom. The van der Waals surface area contributed by atoms with Crippen LogP contribution in [0.25, 0.3) is 0 Å². The third-order valence-corrected chi connectivity index (χ3v) is 2.07. The Morgan fingerprint density at radius 3 is 2.40 bits per heavy atom. The molecule has 3 N–H and O–H groups in total. The predicted molar refractivity (Wildman–Crippen MR) is 54.8 cm³/mol. The molecule has 0 aromatic heterocycles. The molecule has 1 rings (SSSR count). The Morgan fingerprint density at radius 2 is 1.93 bits per heavy atom. The molecule has 0 aliphatic carbocycles. The zero-order chi connectivity index (χ0) is 11.6. The molecule has 1 aromatic rings. The van der Waals surface area contributed by atoms with Gasteiger partial charge >= 0.3 is 6.18 Å². The molecule has 0 radical (unpaired) electrons. The number of alkyl halides is 3. The quantitative estimate of drug-likeness (QED) is 0.749. The van der Waals surface area contributed by atoms with Crippen molar-refractivity contribution >= 4 is 11.4 Å². The fourth-order valence-electron chi connectivity index (χ4n) is 1.37. The number of hydrogen-bond donors (Lipinski definition) is 2. The van der Waals surface area contributed by atoms with Gasteiger partial charge in [-0.1, -0.05) is 0 Å². The van der Waals surface area contributed by atoms with Crippen LogP contribution in [-0.4, -0.2) is 6.54 Å². The van der Waals surface area contributed by atoms with E-state index in [1.807, 2.05) is 6.92 Å². The molecule has 0 amide bonds. The van der Waals surface area contributed by atoms with Crippen LogP contribution in [0.15, 0.2) is 12.1 Å². The summed E-state index contributed by atoms with van der Waals surface area (Å²) in [6.07, 6.45) is -4.34. The summed E-state index contributed by atoms with van der Waals surface area (Å²) in [5, 5.41) is 2.90. The summed E-state index contributed by atoms with van der Waals surface area (Å²) < 4.78 is 37.4. The van der Waals surface area contributed by atoms with Crippen molar-refractivity contribution in [2.45, 2.75) is 20.0 Å². The number of nitrogens with two attached hydrogens (primary N) is 1. The molecule has 84 valence electrons. The lowest BCUT2D eigenvalue weighted by Gasteiger charge is -2.14. The van der Waals surface area contributed by atoms with Crippen molar-refractivity contribution in [2.24, 2.45) is 0 Å². The molecule has 0 saturated heterocycles. The van der Waals surface area contributed by atoms with Crippen LogP contribution < -0.4 is 11.1 Å². The zero-order valence-corrected chi connectivity index (χ0v) is 8.57. The topological polar surface area (TPSA) is 38.0 Å². The average Bonchev–Trinajstić information content (AvgIpc) is 2.09. The third-order valence-electron chi connectivity index (χ3n) is 2.07. The minimum atomic E-state index is -4.34. The molecule has 0 fully saturated rings. The number of hydrogen-bond acceptors (Lipinski definition) is 2. The van der Waals surface area contributed by atoms with Gasteiger partial charge in [-0.3, -0.25) is 0 Å². The van der Waals surface area contributed by atoms with Crippen molar-refractivity contribution in [3.05, 3.63) is 23.3 Å². The normalized spacial score (nSPS) is 11.5. The molecule has 2 nitrogen and oxygen atoms in total. The highest BCUT2D eigenvalue weighted by Crippen LogP contribution is 2.35. The van der Waals surface area contributed by atoms with Gasteiger partial charge < -0.3 is 11.1 Å². The largest absolute Gasteiger partial charge is 0.416 e. The SMILES string of the molecule is CCNc1cc(C)c(C(F)(F)F)cc1N. The lowest BCUT2D eigenvalue weighted by molar-refractivity contribution is -0.138. The van der Waals surface area contributed by atoms with Gasteiger partial charge in [0, 0.05) is 6.54 Å². The van der Waals surface area contributed by atoms with Crippen LogP contribution >= 0.6 is 0 Å². The van der Waals surface area contributed by atoms with Crippen LogP contribution in [0.2, 0.25) is 0 Å². The monoisotopic (exact) mass is 218 g/mol. The molecular weight excluding hydrogens is 205 g/mol. The average molecular weight is 218 g/mol. The summed E-state index contributed by atoms with van der Waals surface area (Å²) in [5.74, 6) is 0. The zero-order valence-electron chi connectivity index (χ0n) is 8.57. The van der Waals surface area contributed by atoms with Crippen LogP contribution in [0.4, 0.5) is 24.5 Å². The van der Waals surface area contributed by atoms with E-state index in [2.05, 4.69) is 5.32 Å². The Bertz CT molecular complexity index is 358. The molecule has 0 atom stereocenters. The molecule has 15 heavy (non-hydrogen) atoms. The molecule has 0 bridgehead atoms. The van der Waals surface area contributed by atoms with E-state index in [1.165, 1.54) is 13.0 Å². The summed E-state index contributed by atoms with van der Waals surface area (Å²) in [6.45, 7) is 3.89. The van der Waals surface area contributed by atoms with Gasteiger partial charge in [0.2, 0.25) is 0 Å². The lowest BCUT2D eigenvalue weighted by atomic mass is 10.1. The maximum Gasteiger partial charge on any atom is 0.416 e. The van der Waals surface area contributed by atoms with E-state index in [4.69, 9.17) is 5.73 Å². The summed E-state index contributed by atoms with van der Waals surface area (Å²) in [7, 11) is 0. The summed E-state index contributed by atoms with van der Waals surface area (Å²) in [4.78, 5) is 0. The molecule has 0 spiro atoms. The van der Waals surface area contributed by atoms with Crippen molar-refractivity contribution < 1.29 is 13.2 Å². The molecular formula is C10H13F3N2. The maximum atomic E-state index is 12.5. The molecule has 0 aliphatic heterocycles. The second-order valence-electron chi connectivity index (χ2n) is 3.28. The van der Waals surface area contributed by atoms with Crippen molar-refractivity contribution in [3.63, 3.8) is 0 Å². The highest BCUT2D eigenvalue weighted by Gasteiger charge is 2.32. The number of rotatable bonds is 2. The fraction of sp³-hybridized carbons (Fsp3) is 0.400.